The molecule has 0 bridgehead atoms. The number of aromatic nitrogens is 1. The molecule has 0 spiro atoms. The number of amides is 3. The van der Waals surface area contributed by atoms with Crippen LogP contribution in [0.3, 0.4) is 0 Å². The molecule has 9 heteroatoms. The van der Waals surface area contributed by atoms with E-state index in [0.29, 0.717) is 47.6 Å². The molecule has 2 atom stereocenters. The second-order valence-electron chi connectivity index (χ2n) is 14.8. The van der Waals surface area contributed by atoms with Crippen molar-refractivity contribution in [1.29, 1.82) is 0 Å². The lowest BCUT2D eigenvalue weighted by Gasteiger charge is -2.30. The highest BCUT2D eigenvalue weighted by Gasteiger charge is 2.29. The molecule has 5 aromatic carbocycles. The number of carbonyl (C=O) groups is 3. The van der Waals surface area contributed by atoms with Gasteiger partial charge in [-0.05, 0) is 91.1 Å². The Balaban J connectivity index is 1.11. The van der Waals surface area contributed by atoms with Crippen LogP contribution in [-0.4, -0.2) is 62.7 Å². The largest absolute Gasteiger partial charge is 0.391 e. The fourth-order valence-corrected chi connectivity index (χ4v) is 8.03. The number of carbonyl (C=O) groups excluding carboxylic acids is 3. The van der Waals surface area contributed by atoms with E-state index in [0.717, 1.165) is 37.7 Å². The van der Waals surface area contributed by atoms with Crippen LogP contribution in [0.15, 0.2) is 126 Å². The van der Waals surface area contributed by atoms with E-state index in [-0.39, 0.29) is 24.1 Å². The third-order valence-electron chi connectivity index (χ3n) is 9.73. The first kappa shape index (κ1) is 36.8. The van der Waals surface area contributed by atoms with Crippen LogP contribution in [0.25, 0.3) is 21.7 Å². The number of hydrogen-bond donors (Lipinski definition) is 3. The number of hydrogen-bond acceptors (Lipinski definition) is 6. The van der Waals surface area contributed by atoms with Gasteiger partial charge in [-0.3, -0.25) is 14.4 Å². The van der Waals surface area contributed by atoms with E-state index in [1.807, 2.05) is 99.6 Å². The number of aliphatic hydroxyl groups is 1. The molecule has 1 aliphatic heterocycles. The molecule has 1 aliphatic rings. The van der Waals surface area contributed by atoms with Gasteiger partial charge in [0.25, 0.3) is 17.7 Å². The van der Waals surface area contributed by atoms with Crippen LogP contribution in [0.1, 0.15) is 68.7 Å². The van der Waals surface area contributed by atoms with E-state index >= 15 is 0 Å². The van der Waals surface area contributed by atoms with Gasteiger partial charge in [-0.1, -0.05) is 84.9 Å². The van der Waals surface area contributed by atoms with Gasteiger partial charge < -0.3 is 20.6 Å². The summed E-state index contributed by atoms with van der Waals surface area (Å²) in [4.78, 5) is 48.4. The Hall–Kier alpha value is -5.51. The van der Waals surface area contributed by atoms with E-state index in [2.05, 4.69) is 45.9 Å². The van der Waals surface area contributed by atoms with E-state index in [4.69, 9.17) is 0 Å². The fourth-order valence-electron chi connectivity index (χ4n) is 6.98. The molecule has 7 rings (SSSR count). The topological polar surface area (TPSA) is 112 Å². The maximum Gasteiger partial charge on any atom is 0.272 e. The zero-order valence-electron chi connectivity index (χ0n) is 30.7. The fraction of sp³-hybridized carbons (Fsp3) is 0.244. The maximum absolute atomic E-state index is 14.2. The van der Waals surface area contributed by atoms with Gasteiger partial charge in [-0.25, -0.2) is 4.98 Å². The Morgan fingerprint density at radius 2 is 1.50 bits per heavy atom. The normalized spacial score (nSPS) is 14.0. The molecule has 0 fully saturated rings. The second-order valence-corrected chi connectivity index (χ2v) is 15.9. The van der Waals surface area contributed by atoms with Crippen molar-refractivity contribution in [2.75, 3.05) is 12.3 Å². The summed E-state index contributed by atoms with van der Waals surface area (Å²) in [6, 6.07) is 38.0. The molecular weight excluding hydrogens is 693 g/mol. The first-order valence-corrected chi connectivity index (χ1v) is 19.3. The molecule has 1 aromatic heterocycles. The van der Waals surface area contributed by atoms with Crippen LogP contribution >= 0.6 is 11.8 Å². The van der Waals surface area contributed by atoms with Gasteiger partial charge in [0, 0.05) is 52.2 Å². The third kappa shape index (κ3) is 8.48. The van der Waals surface area contributed by atoms with Crippen LogP contribution in [-0.2, 0) is 19.4 Å². The van der Waals surface area contributed by atoms with Crippen molar-refractivity contribution in [3.05, 3.63) is 155 Å². The zero-order valence-corrected chi connectivity index (χ0v) is 31.5. The predicted molar refractivity (Wildman–Crippen MR) is 216 cm³/mol. The standard InChI is InChI=1S/C45H44N4O4S/c1-45(2,3)48-43(52)36-16-8-6-14-32(36)26-41(50)40(28-54-34-21-19-29-11-4-5-13-31(29)25-34)47-42(51)37-17-10-15-33-27-49(24-23-35(33)37)44(53)39-22-20-30-12-7-9-18-38(30)46-39/h4-22,25,40-41,50H,23-24,26-28H2,1-3H3,(H,47,51)(H,48,52). The van der Waals surface area contributed by atoms with Crippen molar-refractivity contribution in [3.8, 4) is 0 Å². The lowest BCUT2D eigenvalue weighted by atomic mass is 9.93. The highest BCUT2D eigenvalue weighted by molar-refractivity contribution is 7.99. The highest BCUT2D eigenvalue weighted by Crippen LogP contribution is 2.28. The lowest BCUT2D eigenvalue weighted by Crippen LogP contribution is -2.47. The molecule has 0 saturated carbocycles. The summed E-state index contributed by atoms with van der Waals surface area (Å²) in [5, 5.41) is 21.3. The van der Waals surface area contributed by atoms with Crippen LogP contribution < -0.4 is 10.6 Å². The van der Waals surface area contributed by atoms with Crippen molar-refractivity contribution in [2.24, 2.45) is 0 Å². The highest BCUT2D eigenvalue weighted by atomic mass is 32.2. The quantitative estimate of drug-likeness (QED) is 0.125. The Labute approximate surface area is 320 Å². The average molecular weight is 737 g/mol. The van der Waals surface area contributed by atoms with Gasteiger partial charge >= 0.3 is 0 Å². The molecule has 54 heavy (non-hydrogen) atoms. The Morgan fingerprint density at radius 1 is 0.796 bits per heavy atom. The van der Waals surface area contributed by atoms with Crippen molar-refractivity contribution >= 4 is 51.2 Å². The molecule has 3 amide bonds. The van der Waals surface area contributed by atoms with E-state index in [1.165, 1.54) is 0 Å². The number of thioether (sulfide) groups is 1. The summed E-state index contributed by atoms with van der Waals surface area (Å²) >= 11 is 1.56. The van der Waals surface area contributed by atoms with Crippen molar-refractivity contribution in [1.82, 2.24) is 20.5 Å². The van der Waals surface area contributed by atoms with Gasteiger partial charge in [0.05, 0.1) is 17.7 Å². The van der Waals surface area contributed by atoms with Crippen molar-refractivity contribution < 1.29 is 19.5 Å². The Morgan fingerprint density at radius 3 is 2.31 bits per heavy atom. The minimum Gasteiger partial charge on any atom is -0.391 e. The van der Waals surface area contributed by atoms with Crippen LogP contribution in [0.2, 0.25) is 0 Å². The molecule has 3 N–H and O–H groups in total. The first-order chi connectivity index (χ1) is 26.0. The maximum atomic E-state index is 14.2. The third-order valence-corrected chi connectivity index (χ3v) is 10.8. The predicted octanol–water partition coefficient (Wildman–Crippen LogP) is 7.61. The minimum atomic E-state index is -0.993. The molecular formula is C45H44N4O4S. The molecule has 0 aliphatic carbocycles. The van der Waals surface area contributed by atoms with Crippen molar-refractivity contribution in [3.63, 3.8) is 0 Å². The summed E-state index contributed by atoms with van der Waals surface area (Å²) < 4.78 is 0. The van der Waals surface area contributed by atoms with Gasteiger partial charge in [0.1, 0.15) is 5.69 Å². The SMILES string of the molecule is CC(C)(C)NC(=O)c1ccccc1CC(O)C(CSc1ccc2ccccc2c1)NC(=O)c1cccc2c1CCN(C(=O)c1ccc3ccccc3n1)C2. The molecule has 2 heterocycles. The van der Waals surface area contributed by atoms with Crippen LogP contribution in [0.4, 0.5) is 0 Å². The summed E-state index contributed by atoms with van der Waals surface area (Å²) in [5.41, 5.74) is 4.26. The lowest BCUT2D eigenvalue weighted by molar-refractivity contribution is 0.0728. The Bertz CT molecular complexity index is 2350. The zero-order chi connectivity index (χ0) is 37.8. The molecule has 6 aromatic rings. The van der Waals surface area contributed by atoms with Gasteiger partial charge in [-0.2, -0.15) is 0 Å². The monoisotopic (exact) mass is 736 g/mol. The average Bonchev–Trinajstić information content (AvgIpc) is 3.17. The number of pyridine rings is 1. The number of nitrogens with one attached hydrogen (secondary N) is 2. The van der Waals surface area contributed by atoms with Gasteiger partial charge in [0.15, 0.2) is 0 Å². The summed E-state index contributed by atoms with van der Waals surface area (Å²) in [6.45, 7) is 6.59. The summed E-state index contributed by atoms with van der Waals surface area (Å²) in [7, 11) is 0. The summed E-state index contributed by atoms with van der Waals surface area (Å²) in [6.07, 6.45) is -0.315. The van der Waals surface area contributed by atoms with Crippen LogP contribution in [0, 0.1) is 0 Å². The Kier molecular flexibility index (Phi) is 10.8. The number of rotatable bonds is 10. The number of para-hydroxylation sites is 1. The second kappa shape index (κ2) is 15.8. The first-order valence-electron chi connectivity index (χ1n) is 18.3. The van der Waals surface area contributed by atoms with Gasteiger partial charge in [-0.15, -0.1) is 11.8 Å². The summed E-state index contributed by atoms with van der Waals surface area (Å²) in [5.74, 6) is -0.245. The minimum absolute atomic E-state index is 0.147. The smallest absolute Gasteiger partial charge is 0.272 e. The molecule has 0 radical (unpaired) electrons. The van der Waals surface area contributed by atoms with Crippen molar-refractivity contribution in [2.45, 2.75) is 62.7 Å². The number of fused-ring (bicyclic) bond motifs is 3. The molecule has 8 nitrogen and oxygen atoms in total. The molecule has 0 saturated heterocycles. The number of nitrogens with zero attached hydrogens (tertiary/aromatic N) is 2. The van der Waals surface area contributed by atoms with E-state index in [1.54, 1.807) is 28.8 Å². The van der Waals surface area contributed by atoms with Gasteiger partial charge in [0.2, 0.25) is 0 Å². The van der Waals surface area contributed by atoms with E-state index in [9.17, 15) is 19.5 Å². The molecule has 2 unspecified atom stereocenters. The van der Waals surface area contributed by atoms with Crippen LogP contribution in [0.5, 0.6) is 0 Å². The molecule has 274 valence electrons. The number of aliphatic hydroxyl groups excluding tert-OH is 1. The van der Waals surface area contributed by atoms with E-state index < -0.39 is 17.7 Å². The number of benzene rings is 5.